The predicted octanol–water partition coefficient (Wildman–Crippen LogP) is 1.37. The zero-order valence-electron chi connectivity index (χ0n) is 11.6. The summed E-state index contributed by atoms with van der Waals surface area (Å²) >= 11 is 0. The van der Waals surface area contributed by atoms with Gasteiger partial charge in [0.2, 0.25) is 11.7 Å². The molecule has 1 aromatic rings. The van der Waals surface area contributed by atoms with Gasteiger partial charge in [0, 0.05) is 25.9 Å². The van der Waals surface area contributed by atoms with Gasteiger partial charge in [-0.1, -0.05) is 12.1 Å². The lowest BCUT2D eigenvalue weighted by molar-refractivity contribution is -0.117. The van der Waals surface area contributed by atoms with Crippen molar-refractivity contribution in [2.45, 2.75) is 39.2 Å². The molecule has 0 N–H and O–H groups in total. The smallest absolute Gasteiger partial charge is 0.227 e. The highest BCUT2D eigenvalue weighted by Crippen LogP contribution is 2.20. The fourth-order valence-corrected chi connectivity index (χ4v) is 2.16. The van der Waals surface area contributed by atoms with Crippen LogP contribution in [-0.4, -0.2) is 47.1 Å². The maximum atomic E-state index is 10.9. The van der Waals surface area contributed by atoms with Crippen LogP contribution >= 0.6 is 0 Å². The number of hydrogen-bond donors (Lipinski definition) is 0. The second-order valence-electron chi connectivity index (χ2n) is 4.91. The normalized spacial score (nSPS) is 20.6. The van der Waals surface area contributed by atoms with Crippen LogP contribution in [0.1, 0.15) is 44.5 Å². The van der Waals surface area contributed by atoms with Crippen LogP contribution in [0.2, 0.25) is 0 Å². The van der Waals surface area contributed by atoms with Gasteiger partial charge < -0.3 is 14.1 Å². The third-order valence-electron chi connectivity index (χ3n) is 3.15. The van der Waals surface area contributed by atoms with E-state index in [1.807, 2.05) is 0 Å². The molecule has 0 aliphatic carbocycles. The van der Waals surface area contributed by atoms with Crippen LogP contribution in [-0.2, 0) is 16.0 Å². The molecule has 0 aromatic carbocycles. The number of rotatable bonds is 6. The average Bonchev–Trinajstić information content (AvgIpc) is 2.86. The van der Waals surface area contributed by atoms with Gasteiger partial charge in [0.25, 0.3) is 0 Å². The summed E-state index contributed by atoms with van der Waals surface area (Å²) in [7, 11) is 0. The summed E-state index contributed by atoms with van der Waals surface area (Å²) in [5, 5.41) is 3.96. The Kier molecular flexibility index (Phi) is 5.04. The number of morpholine rings is 1. The van der Waals surface area contributed by atoms with Crippen LogP contribution in [0.25, 0.3) is 0 Å². The SMILES string of the molecule is CCCN1CCOC(c2noc(CCC(C)=O)n2)C1. The molecule has 106 valence electrons. The summed E-state index contributed by atoms with van der Waals surface area (Å²) in [4.78, 5) is 17.6. The molecule has 0 spiro atoms. The van der Waals surface area contributed by atoms with Crippen molar-refractivity contribution in [3.63, 3.8) is 0 Å². The van der Waals surface area contributed by atoms with E-state index in [1.54, 1.807) is 6.92 Å². The summed E-state index contributed by atoms with van der Waals surface area (Å²) in [5.74, 6) is 1.24. The van der Waals surface area contributed by atoms with Gasteiger partial charge in [-0.15, -0.1) is 0 Å². The van der Waals surface area contributed by atoms with Gasteiger partial charge in [-0.2, -0.15) is 4.98 Å². The Hall–Kier alpha value is -1.27. The number of ketones is 1. The van der Waals surface area contributed by atoms with Gasteiger partial charge in [-0.05, 0) is 19.9 Å². The zero-order chi connectivity index (χ0) is 13.7. The van der Waals surface area contributed by atoms with Gasteiger partial charge in [0.1, 0.15) is 11.9 Å². The van der Waals surface area contributed by atoms with E-state index in [9.17, 15) is 4.79 Å². The van der Waals surface area contributed by atoms with E-state index in [0.29, 0.717) is 31.2 Å². The van der Waals surface area contributed by atoms with E-state index in [1.165, 1.54) is 0 Å². The maximum Gasteiger partial charge on any atom is 0.227 e. The maximum absolute atomic E-state index is 10.9. The predicted molar refractivity (Wildman–Crippen MR) is 68.7 cm³/mol. The fourth-order valence-electron chi connectivity index (χ4n) is 2.16. The van der Waals surface area contributed by atoms with E-state index < -0.39 is 0 Å². The molecule has 0 saturated carbocycles. The second kappa shape index (κ2) is 6.77. The monoisotopic (exact) mass is 267 g/mol. The lowest BCUT2D eigenvalue weighted by Gasteiger charge is -2.30. The zero-order valence-corrected chi connectivity index (χ0v) is 11.6. The van der Waals surface area contributed by atoms with Crippen LogP contribution < -0.4 is 0 Å². The standard InChI is InChI=1S/C13H21N3O3/c1-3-6-16-7-8-18-11(9-16)13-14-12(19-15-13)5-4-10(2)17/h11H,3-9H2,1-2H3. The van der Waals surface area contributed by atoms with Crippen molar-refractivity contribution in [2.24, 2.45) is 0 Å². The van der Waals surface area contributed by atoms with Crippen molar-refractivity contribution in [1.29, 1.82) is 0 Å². The number of nitrogens with zero attached hydrogens (tertiary/aromatic N) is 3. The largest absolute Gasteiger partial charge is 0.367 e. The molecular formula is C13H21N3O3. The lowest BCUT2D eigenvalue weighted by atomic mass is 10.2. The molecule has 6 nitrogen and oxygen atoms in total. The first-order valence-electron chi connectivity index (χ1n) is 6.85. The summed E-state index contributed by atoms with van der Waals surface area (Å²) < 4.78 is 10.8. The number of ether oxygens (including phenoxy) is 1. The first kappa shape index (κ1) is 14.1. The molecule has 1 aliphatic rings. The third kappa shape index (κ3) is 4.11. The highest BCUT2D eigenvalue weighted by molar-refractivity contribution is 5.75. The molecule has 1 aromatic heterocycles. The molecule has 19 heavy (non-hydrogen) atoms. The van der Waals surface area contributed by atoms with Gasteiger partial charge in [-0.25, -0.2) is 0 Å². The average molecular weight is 267 g/mol. The lowest BCUT2D eigenvalue weighted by Crippen LogP contribution is -2.39. The molecule has 6 heteroatoms. The highest BCUT2D eigenvalue weighted by Gasteiger charge is 2.25. The summed E-state index contributed by atoms with van der Waals surface area (Å²) in [6, 6.07) is 0. The van der Waals surface area contributed by atoms with E-state index in [4.69, 9.17) is 9.26 Å². The molecule has 0 radical (unpaired) electrons. The molecule has 2 heterocycles. The van der Waals surface area contributed by atoms with E-state index in [-0.39, 0.29) is 11.9 Å². The molecule has 1 fully saturated rings. The quantitative estimate of drug-likeness (QED) is 0.775. The van der Waals surface area contributed by atoms with E-state index >= 15 is 0 Å². The Morgan fingerprint density at radius 1 is 1.53 bits per heavy atom. The van der Waals surface area contributed by atoms with Crippen LogP contribution in [0.4, 0.5) is 0 Å². The van der Waals surface area contributed by atoms with Crippen molar-refractivity contribution >= 4 is 5.78 Å². The molecule has 1 saturated heterocycles. The molecule has 1 aliphatic heterocycles. The van der Waals surface area contributed by atoms with Crippen LogP contribution in [0, 0.1) is 0 Å². The van der Waals surface area contributed by atoms with Crippen LogP contribution in [0.3, 0.4) is 0 Å². The van der Waals surface area contributed by atoms with Crippen LogP contribution in [0.5, 0.6) is 0 Å². The number of aryl methyl sites for hydroxylation is 1. The van der Waals surface area contributed by atoms with Crippen molar-refractivity contribution in [3.8, 4) is 0 Å². The number of aromatic nitrogens is 2. The fraction of sp³-hybridized carbons (Fsp3) is 0.769. The van der Waals surface area contributed by atoms with Gasteiger partial charge >= 0.3 is 0 Å². The van der Waals surface area contributed by atoms with Crippen molar-refractivity contribution in [2.75, 3.05) is 26.2 Å². The minimum absolute atomic E-state index is 0.116. The third-order valence-corrected chi connectivity index (χ3v) is 3.15. The first-order valence-corrected chi connectivity index (χ1v) is 6.85. The molecule has 1 atom stereocenters. The number of Topliss-reactive ketones (excluding diaryl/α,β-unsaturated/α-hetero) is 1. The number of hydrogen-bond acceptors (Lipinski definition) is 6. The van der Waals surface area contributed by atoms with Crippen molar-refractivity contribution in [3.05, 3.63) is 11.7 Å². The molecule has 1 unspecified atom stereocenters. The minimum Gasteiger partial charge on any atom is -0.367 e. The second-order valence-corrected chi connectivity index (χ2v) is 4.91. The first-order chi connectivity index (χ1) is 9.19. The molecule has 0 amide bonds. The minimum atomic E-state index is -0.116. The van der Waals surface area contributed by atoms with E-state index in [0.717, 1.165) is 26.1 Å². The Labute approximate surface area is 113 Å². The van der Waals surface area contributed by atoms with Crippen molar-refractivity contribution in [1.82, 2.24) is 15.0 Å². The highest BCUT2D eigenvalue weighted by atomic mass is 16.5. The number of carbonyl (C=O) groups excluding carboxylic acids is 1. The van der Waals surface area contributed by atoms with Crippen molar-refractivity contribution < 1.29 is 14.1 Å². The summed E-state index contributed by atoms with van der Waals surface area (Å²) in [6.45, 7) is 7.25. The van der Waals surface area contributed by atoms with Gasteiger partial charge in [0.05, 0.1) is 6.61 Å². The molecule has 2 rings (SSSR count). The Balaban J connectivity index is 1.92. The molecular weight excluding hydrogens is 246 g/mol. The Bertz CT molecular complexity index is 417. The van der Waals surface area contributed by atoms with E-state index in [2.05, 4.69) is 22.0 Å². The molecule has 0 bridgehead atoms. The number of carbonyl (C=O) groups is 1. The van der Waals surface area contributed by atoms with Gasteiger partial charge in [0.15, 0.2) is 0 Å². The summed E-state index contributed by atoms with van der Waals surface area (Å²) in [6.07, 6.45) is 1.96. The van der Waals surface area contributed by atoms with Crippen LogP contribution in [0.15, 0.2) is 4.52 Å². The summed E-state index contributed by atoms with van der Waals surface area (Å²) in [5.41, 5.74) is 0. The van der Waals surface area contributed by atoms with Gasteiger partial charge in [-0.3, -0.25) is 4.90 Å². The Morgan fingerprint density at radius 2 is 2.37 bits per heavy atom. The Morgan fingerprint density at radius 3 is 3.11 bits per heavy atom. The topological polar surface area (TPSA) is 68.5 Å².